The number of non-ortho nitro benzene ring substituents is 1. The van der Waals surface area contributed by atoms with Gasteiger partial charge in [-0.25, -0.2) is 0 Å². The van der Waals surface area contributed by atoms with E-state index in [9.17, 15) is 10.1 Å². The number of hydrogen-bond acceptors (Lipinski definition) is 4. The van der Waals surface area contributed by atoms with Gasteiger partial charge in [-0.15, -0.1) is 0 Å². The molecule has 0 radical (unpaired) electrons. The predicted molar refractivity (Wildman–Crippen MR) is 107 cm³/mol. The van der Waals surface area contributed by atoms with E-state index >= 15 is 0 Å². The molecule has 0 aliphatic heterocycles. The molecule has 1 fully saturated rings. The minimum absolute atomic E-state index is 0.0901. The smallest absolute Gasteiger partial charge is 0.269 e. The molecule has 1 aliphatic rings. The minimum atomic E-state index is -0.334. The molecule has 0 heterocycles. The van der Waals surface area contributed by atoms with Crippen LogP contribution >= 0.6 is 0 Å². The topological polar surface area (TPSA) is 64.4 Å². The van der Waals surface area contributed by atoms with Gasteiger partial charge < -0.3 is 10.1 Å². The van der Waals surface area contributed by atoms with E-state index in [4.69, 9.17) is 4.74 Å². The van der Waals surface area contributed by atoms with Crippen molar-refractivity contribution in [2.45, 2.75) is 51.1 Å². The lowest BCUT2D eigenvalue weighted by Crippen LogP contribution is -2.37. The Morgan fingerprint density at radius 3 is 2.41 bits per heavy atom. The highest BCUT2D eigenvalue weighted by atomic mass is 16.6. The normalized spacial score (nSPS) is 17.3. The Hall–Kier alpha value is -2.40. The Balaban J connectivity index is 1.90. The number of nitrogens with one attached hydrogen (secondary N) is 1. The maximum Gasteiger partial charge on any atom is 0.269 e. The Bertz CT molecular complexity index is 754. The third-order valence-electron chi connectivity index (χ3n) is 5.65. The van der Waals surface area contributed by atoms with E-state index in [-0.39, 0.29) is 16.7 Å². The van der Waals surface area contributed by atoms with Crippen molar-refractivity contribution in [1.29, 1.82) is 0 Å². The van der Waals surface area contributed by atoms with Crippen LogP contribution in [0.1, 0.15) is 56.2 Å². The molecule has 0 bridgehead atoms. The number of nitrogens with zero attached hydrogens (tertiary/aromatic N) is 1. The summed E-state index contributed by atoms with van der Waals surface area (Å²) in [7, 11) is 1.65. The molecule has 5 nitrogen and oxygen atoms in total. The van der Waals surface area contributed by atoms with Gasteiger partial charge in [0.2, 0.25) is 0 Å². The van der Waals surface area contributed by atoms with E-state index < -0.39 is 0 Å². The highest BCUT2D eigenvalue weighted by Crippen LogP contribution is 2.31. The molecule has 0 aromatic heterocycles. The second-order valence-corrected chi connectivity index (χ2v) is 7.41. The van der Waals surface area contributed by atoms with Gasteiger partial charge in [0, 0.05) is 18.2 Å². The summed E-state index contributed by atoms with van der Waals surface area (Å²) in [5.74, 6) is 1.45. The molecule has 2 aromatic carbocycles. The Morgan fingerprint density at radius 1 is 1.07 bits per heavy atom. The van der Waals surface area contributed by atoms with Crippen LogP contribution in [0.3, 0.4) is 0 Å². The molecule has 1 saturated carbocycles. The molecule has 0 spiro atoms. The number of nitro benzene ring substituents is 1. The first kappa shape index (κ1) is 19.4. The van der Waals surface area contributed by atoms with Gasteiger partial charge in [-0.1, -0.05) is 43.5 Å². The Morgan fingerprint density at radius 2 is 1.78 bits per heavy atom. The van der Waals surface area contributed by atoms with E-state index in [1.54, 1.807) is 25.3 Å². The molecule has 144 valence electrons. The Labute approximate surface area is 160 Å². The fourth-order valence-electron chi connectivity index (χ4n) is 4.03. The van der Waals surface area contributed by atoms with E-state index in [2.05, 4.69) is 12.2 Å². The van der Waals surface area contributed by atoms with Crippen LogP contribution in [0, 0.1) is 16.0 Å². The number of nitro groups is 1. The van der Waals surface area contributed by atoms with Gasteiger partial charge in [0.15, 0.2) is 0 Å². The highest BCUT2D eigenvalue weighted by molar-refractivity contribution is 5.41. The monoisotopic (exact) mass is 368 g/mol. The molecular weight excluding hydrogens is 340 g/mol. The first-order valence-corrected chi connectivity index (χ1v) is 9.73. The zero-order chi connectivity index (χ0) is 19.2. The lowest BCUT2D eigenvalue weighted by atomic mass is 9.83. The van der Waals surface area contributed by atoms with Crippen LogP contribution in [-0.2, 0) is 0 Å². The van der Waals surface area contributed by atoms with Gasteiger partial charge >= 0.3 is 0 Å². The average molecular weight is 368 g/mol. The molecule has 27 heavy (non-hydrogen) atoms. The van der Waals surface area contributed by atoms with Crippen molar-refractivity contribution in [1.82, 2.24) is 5.32 Å². The van der Waals surface area contributed by atoms with Crippen molar-refractivity contribution < 1.29 is 9.66 Å². The van der Waals surface area contributed by atoms with Crippen LogP contribution in [0.15, 0.2) is 48.5 Å². The van der Waals surface area contributed by atoms with Crippen LogP contribution < -0.4 is 10.1 Å². The summed E-state index contributed by atoms with van der Waals surface area (Å²) < 4.78 is 5.27. The fourth-order valence-corrected chi connectivity index (χ4v) is 4.03. The minimum Gasteiger partial charge on any atom is -0.497 e. The molecular formula is C22H28N2O3. The predicted octanol–water partition coefficient (Wildman–Crippen LogP) is 5.25. The molecule has 1 aliphatic carbocycles. The van der Waals surface area contributed by atoms with Crippen LogP contribution in [0.4, 0.5) is 5.69 Å². The molecule has 5 heteroatoms. The SMILES string of the molecule is COc1ccc(C(N[C@@H](C)C2CCCCC2)c2cccc([N+](=O)[O-])c2)cc1. The molecule has 2 atom stereocenters. The van der Waals surface area contributed by atoms with Gasteiger partial charge in [0.25, 0.3) is 5.69 Å². The van der Waals surface area contributed by atoms with Crippen LogP contribution in [0.25, 0.3) is 0 Å². The molecule has 0 saturated heterocycles. The third-order valence-corrected chi connectivity index (χ3v) is 5.65. The van der Waals surface area contributed by atoms with Crippen molar-refractivity contribution in [3.63, 3.8) is 0 Å². The van der Waals surface area contributed by atoms with E-state index in [0.29, 0.717) is 12.0 Å². The maximum absolute atomic E-state index is 11.2. The van der Waals surface area contributed by atoms with Crippen molar-refractivity contribution >= 4 is 5.69 Å². The number of methoxy groups -OCH3 is 1. The lowest BCUT2D eigenvalue weighted by Gasteiger charge is -2.32. The number of hydrogen-bond donors (Lipinski definition) is 1. The third kappa shape index (κ3) is 4.86. The van der Waals surface area contributed by atoms with Crippen LogP contribution in [0.2, 0.25) is 0 Å². The largest absolute Gasteiger partial charge is 0.497 e. The van der Waals surface area contributed by atoms with E-state index in [0.717, 1.165) is 16.9 Å². The number of rotatable bonds is 7. The lowest BCUT2D eigenvalue weighted by molar-refractivity contribution is -0.384. The molecule has 3 rings (SSSR count). The molecule has 0 amide bonds. The summed E-state index contributed by atoms with van der Waals surface area (Å²) in [4.78, 5) is 10.9. The summed E-state index contributed by atoms with van der Waals surface area (Å²) in [5, 5.41) is 15.0. The summed E-state index contributed by atoms with van der Waals surface area (Å²) in [6.45, 7) is 2.24. The zero-order valence-electron chi connectivity index (χ0n) is 16.1. The summed E-state index contributed by atoms with van der Waals surface area (Å²) >= 11 is 0. The first-order chi connectivity index (χ1) is 13.1. The summed E-state index contributed by atoms with van der Waals surface area (Å²) in [5.41, 5.74) is 2.12. The van der Waals surface area contributed by atoms with Crippen LogP contribution in [0.5, 0.6) is 5.75 Å². The van der Waals surface area contributed by atoms with E-state index in [1.165, 1.54) is 32.1 Å². The van der Waals surface area contributed by atoms with Gasteiger partial charge in [-0.05, 0) is 48.9 Å². The summed E-state index contributed by atoms with van der Waals surface area (Å²) in [6.07, 6.45) is 6.41. The second kappa shape index (κ2) is 9.00. The molecule has 1 N–H and O–H groups in total. The number of ether oxygens (including phenoxy) is 1. The van der Waals surface area contributed by atoms with Gasteiger partial charge in [0.05, 0.1) is 18.1 Å². The Kier molecular flexibility index (Phi) is 6.45. The molecule has 2 aromatic rings. The number of benzene rings is 2. The van der Waals surface area contributed by atoms with Gasteiger partial charge in [-0.3, -0.25) is 10.1 Å². The van der Waals surface area contributed by atoms with Gasteiger partial charge in [0.1, 0.15) is 5.75 Å². The zero-order valence-corrected chi connectivity index (χ0v) is 16.1. The van der Waals surface area contributed by atoms with Crippen molar-refractivity contribution in [3.05, 3.63) is 69.8 Å². The molecule has 1 unspecified atom stereocenters. The average Bonchev–Trinajstić information content (AvgIpc) is 2.72. The quantitative estimate of drug-likeness (QED) is 0.535. The van der Waals surface area contributed by atoms with Crippen molar-refractivity contribution in [2.24, 2.45) is 5.92 Å². The second-order valence-electron chi connectivity index (χ2n) is 7.41. The maximum atomic E-state index is 11.2. The van der Waals surface area contributed by atoms with E-state index in [1.807, 2.05) is 30.3 Å². The standard InChI is InChI=1S/C22H28N2O3/c1-16(17-7-4-3-5-8-17)23-22(18-11-13-21(27-2)14-12-18)19-9-6-10-20(15-19)24(25)26/h6,9-17,22-23H,3-5,7-8H2,1-2H3/t16-,22?/m0/s1. The fraction of sp³-hybridized carbons (Fsp3) is 0.455. The van der Waals surface area contributed by atoms with Crippen molar-refractivity contribution in [3.8, 4) is 5.75 Å². The first-order valence-electron chi connectivity index (χ1n) is 9.73. The summed E-state index contributed by atoms with van der Waals surface area (Å²) in [6, 6.07) is 15.1. The van der Waals surface area contributed by atoms with Crippen molar-refractivity contribution in [2.75, 3.05) is 7.11 Å². The highest BCUT2D eigenvalue weighted by Gasteiger charge is 2.25. The van der Waals surface area contributed by atoms with Gasteiger partial charge in [-0.2, -0.15) is 0 Å². The van der Waals surface area contributed by atoms with Crippen LogP contribution in [-0.4, -0.2) is 18.1 Å².